The molecule has 10 atom stereocenters. The van der Waals surface area contributed by atoms with Crippen LogP contribution in [0.25, 0.3) is 11.1 Å². The van der Waals surface area contributed by atoms with Crippen molar-refractivity contribution in [2.24, 2.45) is 5.92 Å². The molecule has 2 aromatic rings. The Morgan fingerprint density at radius 1 is 0.800 bits per heavy atom. The second kappa shape index (κ2) is 12.9. The van der Waals surface area contributed by atoms with Gasteiger partial charge in [-0.05, 0) is 48.2 Å². The Bertz CT molecular complexity index is 1140. The quantitative estimate of drug-likeness (QED) is 0.190. The lowest BCUT2D eigenvalue weighted by molar-refractivity contribution is -0.278. The van der Waals surface area contributed by atoms with E-state index in [2.05, 4.69) is 5.32 Å². The lowest BCUT2D eigenvalue weighted by Crippen LogP contribution is -2.62. The lowest BCUT2D eigenvalue weighted by atomic mass is 9.81. The molecular formula is C28H37NO11. The van der Waals surface area contributed by atoms with Gasteiger partial charge in [0.15, 0.2) is 0 Å². The van der Waals surface area contributed by atoms with Gasteiger partial charge in [0.05, 0.1) is 25.4 Å². The Hall–Kier alpha value is -2.65. The van der Waals surface area contributed by atoms with Gasteiger partial charge in [0.1, 0.15) is 42.4 Å². The van der Waals surface area contributed by atoms with E-state index in [-0.39, 0.29) is 12.3 Å². The van der Waals surface area contributed by atoms with Crippen LogP contribution in [0.5, 0.6) is 5.75 Å². The molecule has 8 N–H and O–H groups in total. The standard InChI is InChI=1S/C28H37NO11/c1-13-3-4-16(14-5-7-15(8-6-14)27(37)29-2)9-18(13)39-28-23(33)17(22(32)20(11-30)40-28)10-19-24(34)26(36)25(35)21(12-31)38-19/h3-9,17,19-26,28,30-36H,10-12H2,1-2H3,(H,29,37). The smallest absolute Gasteiger partial charge is 0.251 e. The monoisotopic (exact) mass is 563 g/mol. The zero-order valence-corrected chi connectivity index (χ0v) is 22.2. The van der Waals surface area contributed by atoms with Crippen LogP contribution in [0.1, 0.15) is 22.3 Å². The molecule has 2 heterocycles. The number of hydrogen-bond acceptors (Lipinski definition) is 11. The van der Waals surface area contributed by atoms with Crippen molar-refractivity contribution in [3.63, 3.8) is 0 Å². The first kappa shape index (κ1) is 30.3. The predicted molar refractivity (Wildman–Crippen MR) is 140 cm³/mol. The first-order valence-electron chi connectivity index (χ1n) is 13.1. The zero-order valence-electron chi connectivity index (χ0n) is 22.2. The average Bonchev–Trinajstić information content (AvgIpc) is 2.97. The van der Waals surface area contributed by atoms with Gasteiger partial charge in [0.2, 0.25) is 6.29 Å². The molecule has 0 aliphatic carbocycles. The molecule has 2 aromatic carbocycles. The molecule has 2 aliphatic rings. The molecule has 0 saturated carbocycles. The van der Waals surface area contributed by atoms with Crippen LogP contribution in [0, 0.1) is 12.8 Å². The van der Waals surface area contributed by atoms with Crippen LogP contribution in [0.4, 0.5) is 0 Å². The summed E-state index contributed by atoms with van der Waals surface area (Å²) in [5, 5.41) is 74.6. The van der Waals surface area contributed by atoms with Crippen molar-refractivity contribution < 1.29 is 54.8 Å². The van der Waals surface area contributed by atoms with E-state index >= 15 is 0 Å². The third kappa shape index (κ3) is 6.15. The number of aliphatic hydroxyl groups is 7. The molecule has 1 amide bonds. The summed E-state index contributed by atoms with van der Waals surface area (Å²) < 4.78 is 17.3. The van der Waals surface area contributed by atoms with Crippen molar-refractivity contribution in [2.45, 2.75) is 68.5 Å². The molecule has 0 spiro atoms. The van der Waals surface area contributed by atoms with Gasteiger partial charge in [-0.25, -0.2) is 0 Å². The fourth-order valence-corrected chi connectivity index (χ4v) is 5.17. The Morgan fingerprint density at radius 2 is 1.40 bits per heavy atom. The Balaban J connectivity index is 1.55. The number of rotatable bonds is 8. The van der Waals surface area contributed by atoms with Crippen molar-refractivity contribution in [3.05, 3.63) is 53.6 Å². The Kier molecular flexibility index (Phi) is 9.77. The molecule has 0 aromatic heterocycles. The van der Waals surface area contributed by atoms with E-state index < -0.39 is 74.3 Å². The van der Waals surface area contributed by atoms with E-state index in [0.717, 1.165) is 16.7 Å². The summed E-state index contributed by atoms with van der Waals surface area (Å²) in [6, 6.07) is 12.4. The van der Waals surface area contributed by atoms with Crippen LogP contribution in [0.15, 0.2) is 42.5 Å². The summed E-state index contributed by atoms with van der Waals surface area (Å²) in [5.74, 6) is -0.864. The number of hydrogen-bond donors (Lipinski definition) is 8. The number of carbonyl (C=O) groups is 1. The van der Waals surface area contributed by atoms with Crippen molar-refractivity contribution in [2.75, 3.05) is 20.3 Å². The number of benzene rings is 2. The van der Waals surface area contributed by atoms with E-state index in [1.54, 1.807) is 44.3 Å². The summed E-state index contributed by atoms with van der Waals surface area (Å²) in [5.41, 5.74) is 2.81. The second-order valence-corrected chi connectivity index (χ2v) is 10.2. The van der Waals surface area contributed by atoms with Gasteiger partial charge in [-0.3, -0.25) is 4.79 Å². The molecule has 2 saturated heterocycles. The molecule has 0 radical (unpaired) electrons. The van der Waals surface area contributed by atoms with Gasteiger partial charge >= 0.3 is 0 Å². The summed E-state index contributed by atoms with van der Waals surface area (Å²) in [6.07, 6.45) is -12.5. The highest BCUT2D eigenvalue weighted by Gasteiger charge is 2.50. The van der Waals surface area contributed by atoms with E-state index in [0.29, 0.717) is 11.3 Å². The minimum absolute atomic E-state index is 0.194. The summed E-state index contributed by atoms with van der Waals surface area (Å²) in [4.78, 5) is 11.9. The molecule has 10 unspecified atom stereocenters. The van der Waals surface area contributed by atoms with E-state index in [1.807, 2.05) is 12.1 Å². The SMILES string of the molecule is CNC(=O)c1ccc(-c2ccc(C)c(OC3OC(CO)C(O)C(CC4OC(CO)C(O)C(O)C4O)C3O)c2)cc1. The van der Waals surface area contributed by atoms with Crippen molar-refractivity contribution in [3.8, 4) is 16.9 Å². The Labute approximate surface area is 231 Å². The van der Waals surface area contributed by atoms with Gasteiger partial charge in [-0.1, -0.05) is 24.3 Å². The largest absolute Gasteiger partial charge is 0.462 e. The van der Waals surface area contributed by atoms with Gasteiger partial charge in [0.25, 0.3) is 5.91 Å². The molecule has 0 bridgehead atoms. The van der Waals surface area contributed by atoms with Gasteiger partial charge in [0, 0.05) is 18.5 Å². The molecule has 2 fully saturated rings. The molecule has 2 aliphatic heterocycles. The maximum atomic E-state index is 11.9. The van der Waals surface area contributed by atoms with E-state index in [9.17, 15) is 40.5 Å². The normalized spacial score (nSPS) is 34.3. The molecule has 40 heavy (non-hydrogen) atoms. The summed E-state index contributed by atoms with van der Waals surface area (Å²) >= 11 is 0. The molecular weight excluding hydrogens is 526 g/mol. The van der Waals surface area contributed by atoms with Crippen LogP contribution < -0.4 is 10.1 Å². The molecule has 220 valence electrons. The highest BCUT2D eigenvalue weighted by atomic mass is 16.7. The minimum atomic E-state index is -1.61. The number of carbonyl (C=O) groups excluding carboxylic acids is 1. The second-order valence-electron chi connectivity index (χ2n) is 10.2. The lowest BCUT2D eigenvalue weighted by Gasteiger charge is -2.46. The number of nitrogens with one attached hydrogen (secondary N) is 1. The first-order chi connectivity index (χ1) is 19.1. The van der Waals surface area contributed by atoms with Crippen LogP contribution in [0.3, 0.4) is 0 Å². The van der Waals surface area contributed by atoms with Crippen molar-refractivity contribution >= 4 is 5.91 Å². The average molecular weight is 564 g/mol. The number of aliphatic hydroxyl groups excluding tert-OH is 7. The highest BCUT2D eigenvalue weighted by molar-refractivity contribution is 5.94. The number of aryl methyl sites for hydroxylation is 1. The summed E-state index contributed by atoms with van der Waals surface area (Å²) in [6.45, 7) is 0.595. The number of amides is 1. The fraction of sp³-hybridized carbons (Fsp3) is 0.536. The predicted octanol–water partition coefficient (Wildman–Crippen LogP) is -1.31. The maximum Gasteiger partial charge on any atom is 0.251 e. The summed E-state index contributed by atoms with van der Waals surface area (Å²) in [7, 11) is 1.55. The van der Waals surface area contributed by atoms with Crippen LogP contribution in [-0.4, -0.2) is 117 Å². The van der Waals surface area contributed by atoms with Crippen molar-refractivity contribution in [1.82, 2.24) is 5.32 Å². The number of ether oxygens (including phenoxy) is 3. The van der Waals surface area contributed by atoms with Crippen molar-refractivity contribution in [1.29, 1.82) is 0 Å². The molecule has 12 nitrogen and oxygen atoms in total. The van der Waals surface area contributed by atoms with Crippen LogP contribution in [-0.2, 0) is 9.47 Å². The van der Waals surface area contributed by atoms with Gasteiger partial charge < -0.3 is 55.3 Å². The van der Waals surface area contributed by atoms with Gasteiger partial charge in [-0.2, -0.15) is 0 Å². The third-order valence-corrected chi connectivity index (χ3v) is 7.66. The van der Waals surface area contributed by atoms with Crippen LogP contribution >= 0.6 is 0 Å². The highest BCUT2D eigenvalue weighted by Crippen LogP contribution is 2.36. The topological polar surface area (TPSA) is 198 Å². The third-order valence-electron chi connectivity index (χ3n) is 7.66. The molecule has 12 heteroatoms. The molecule has 4 rings (SSSR count). The van der Waals surface area contributed by atoms with Crippen LogP contribution in [0.2, 0.25) is 0 Å². The fourth-order valence-electron chi connectivity index (χ4n) is 5.17. The van der Waals surface area contributed by atoms with Gasteiger partial charge in [-0.15, -0.1) is 0 Å². The first-order valence-corrected chi connectivity index (χ1v) is 13.1. The maximum absolute atomic E-state index is 11.9. The zero-order chi connectivity index (χ0) is 29.1. The minimum Gasteiger partial charge on any atom is -0.462 e. The Morgan fingerprint density at radius 3 is 2.02 bits per heavy atom. The van der Waals surface area contributed by atoms with E-state index in [4.69, 9.17) is 14.2 Å². The van der Waals surface area contributed by atoms with E-state index in [1.165, 1.54) is 0 Å².